The van der Waals surface area contributed by atoms with Crippen molar-refractivity contribution in [3.8, 4) is 12.3 Å². The number of hydrogen-bond acceptors (Lipinski definition) is 2. The molecule has 0 aliphatic rings. The Hall–Kier alpha value is -1.69. The van der Waals surface area contributed by atoms with Crippen LogP contribution in [0.1, 0.15) is 35.9 Å². The molecule has 1 rings (SSSR count). The van der Waals surface area contributed by atoms with Crippen LogP contribution in [0.4, 0.5) is 0 Å². The van der Waals surface area contributed by atoms with E-state index < -0.39 is 0 Å². The molecule has 1 atom stereocenters. The van der Waals surface area contributed by atoms with Crippen LogP contribution >= 0.6 is 0 Å². The van der Waals surface area contributed by atoms with Gasteiger partial charge in [0, 0.05) is 12.5 Å². The minimum Gasteiger partial charge on any atom is -0.469 e. The minimum atomic E-state index is -0.122. The predicted molar refractivity (Wildman–Crippen MR) is 58.4 cm³/mol. The number of hydrogen-bond donors (Lipinski definition) is 1. The van der Waals surface area contributed by atoms with Crippen molar-refractivity contribution in [1.82, 2.24) is 5.32 Å². The summed E-state index contributed by atoms with van der Waals surface area (Å²) in [4.78, 5) is 11.7. The van der Waals surface area contributed by atoms with Crippen LogP contribution < -0.4 is 5.32 Å². The van der Waals surface area contributed by atoms with E-state index in [-0.39, 0.29) is 11.9 Å². The summed E-state index contributed by atoms with van der Waals surface area (Å²) in [6.07, 6.45) is 8.10. The first-order valence-corrected chi connectivity index (χ1v) is 4.97. The van der Waals surface area contributed by atoms with Crippen LogP contribution in [0.25, 0.3) is 0 Å². The van der Waals surface area contributed by atoms with Crippen LogP contribution in [0, 0.1) is 19.3 Å². The molecule has 0 saturated carbocycles. The number of aryl methyl sites for hydroxylation is 1. The smallest absolute Gasteiger partial charge is 0.255 e. The van der Waals surface area contributed by atoms with E-state index >= 15 is 0 Å². The van der Waals surface area contributed by atoms with Gasteiger partial charge in [0.15, 0.2) is 0 Å². The number of nitrogens with one attached hydrogen (secondary N) is 1. The average molecular weight is 205 g/mol. The molecule has 0 bridgehead atoms. The van der Waals surface area contributed by atoms with Crippen molar-refractivity contribution in [2.75, 3.05) is 0 Å². The minimum absolute atomic E-state index is 0.0387. The van der Waals surface area contributed by atoms with E-state index in [2.05, 4.69) is 11.2 Å². The standard InChI is InChI=1S/C12H15NO2/c1-4-6-10(5-2)13-12(14)11-7-8-15-9(11)3/h1,7-8,10H,5-6H2,2-3H3,(H,13,14). The van der Waals surface area contributed by atoms with Gasteiger partial charge in [-0.3, -0.25) is 4.79 Å². The lowest BCUT2D eigenvalue weighted by molar-refractivity contribution is 0.0935. The molecule has 1 amide bonds. The Balaban J connectivity index is 2.63. The molecule has 80 valence electrons. The van der Waals surface area contributed by atoms with Gasteiger partial charge in [-0.05, 0) is 19.4 Å². The van der Waals surface area contributed by atoms with Gasteiger partial charge in [0.1, 0.15) is 5.76 Å². The van der Waals surface area contributed by atoms with Crippen LogP contribution in [0.2, 0.25) is 0 Å². The Labute approximate surface area is 89.9 Å². The molecule has 1 aromatic rings. The summed E-state index contributed by atoms with van der Waals surface area (Å²) in [6.45, 7) is 3.75. The Kier molecular flexibility index (Phi) is 3.99. The molecule has 0 radical (unpaired) electrons. The molecule has 0 spiro atoms. The van der Waals surface area contributed by atoms with Crippen molar-refractivity contribution in [3.05, 3.63) is 23.7 Å². The van der Waals surface area contributed by atoms with Crippen molar-refractivity contribution >= 4 is 5.91 Å². The lowest BCUT2D eigenvalue weighted by Gasteiger charge is -2.13. The van der Waals surface area contributed by atoms with Gasteiger partial charge < -0.3 is 9.73 Å². The number of furan rings is 1. The second-order valence-electron chi connectivity index (χ2n) is 3.38. The van der Waals surface area contributed by atoms with E-state index in [0.29, 0.717) is 17.7 Å². The Bertz CT molecular complexity index is 373. The topological polar surface area (TPSA) is 42.2 Å². The van der Waals surface area contributed by atoms with Gasteiger partial charge in [-0.2, -0.15) is 0 Å². The van der Waals surface area contributed by atoms with E-state index in [9.17, 15) is 4.79 Å². The van der Waals surface area contributed by atoms with Gasteiger partial charge in [-0.15, -0.1) is 12.3 Å². The number of rotatable bonds is 4. The van der Waals surface area contributed by atoms with E-state index in [1.807, 2.05) is 6.92 Å². The number of carbonyl (C=O) groups excluding carboxylic acids is 1. The Morgan fingerprint density at radius 3 is 2.93 bits per heavy atom. The van der Waals surface area contributed by atoms with Gasteiger partial charge in [0.05, 0.1) is 11.8 Å². The molecule has 3 nitrogen and oxygen atoms in total. The highest BCUT2D eigenvalue weighted by molar-refractivity contribution is 5.95. The summed E-state index contributed by atoms with van der Waals surface area (Å²) >= 11 is 0. The lowest BCUT2D eigenvalue weighted by Crippen LogP contribution is -2.34. The highest BCUT2D eigenvalue weighted by atomic mass is 16.3. The van der Waals surface area contributed by atoms with Crippen LogP contribution in [-0.4, -0.2) is 11.9 Å². The summed E-state index contributed by atoms with van der Waals surface area (Å²) in [7, 11) is 0. The summed E-state index contributed by atoms with van der Waals surface area (Å²) in [6, 6.07) is 1.70. The molecule has 3 heteroatoms. The second-order valence-corrected chi connectivity index (χ2v) is 3.38. The zero-order valence-electron chi connectivity index (χ0n) is 9.04. The SMILES string of the molecule is C#CCC(CC)NC(=O)c1ccoc1C. The quantitative estimate of drug-likeness (QED) is 0.765. The van der Waals surface area contributed by atoms with E-state index in [4.69, 9.17) is 10.8 Å². The highest BCUT2D eigenvalue weighted by Gasteiger charge is 2.14. The molecular weight excluding hydrogens is 190 g/mol. The summed E-state index contributed by atoms with van der Waals surface area (Å²) < 4.78 is 5.06. The van der Waals surface area contributed by atoms with E-state index in [0.717, 1.165) is 6.42 Å². The molecule has 1 unspecified atom stereocenters. The van der Waals surface area contributed by atoms with Crippen LogP contribution in [0.3, 0.4) is 0 Å². The maximum absolute atomic E-state index is 11.7. The zero-order chi connectivity index (χ0) is 11.3. The van der Waals surface area contributed by atoms with E-state index in [1.54, 1.807) is 13.0 Å². The van der Waals surface area contributed by atoms with Crippen LogP contribution in [0.5, 0.6) is 0 Å². The first-order chi connectivity index (χ1) is 7.19. The lowest BCUT2D eigenvalue weighted by atomic mass is 10.1. The highest BCUT2D eigenvalue weighted by Crippen LogP contribution is 2.09. The maximum Gasteiger partial charge on any atom is 0.255 e. The van der Waals surface area contributed by atoms with Crippen LogP contribution in [0.15, 0.2) is 16.7 Å². The van der Waals surface area contributed by atoms with Gasteiger partial charge in [-0.1, -0.05) is 6.92 Å². The maximum atomic E-state index is 11.7. The monoisotopic (exact) mass is 205 g/mol. The molecule has 0 aromatic carbocycles. The zero-order valence-corrected chi connectivity index (χ0v) is 9.04. The molecule has 0 aliphatic heterocycles. The van der Waals surface area contributed by atoms with Crippen molar-refractivity contribution < 1.29 is 9.21 Å². The molecule has 0 fully saturated rings. The third-order valence-electron chi connectivity index (χ3n) is 2.30. The average Bonchev–Trinajstić information content (AvgIpc) is 2.63. The molecule has 0 aliphatic carbocycles. The second kappa shape index (κ2) is 5.26. The van der Waals surface area contributed by atoms with Crippen LogP contribution in [-0.2, 0) is 0 Å². The van der Waals surface area contributed by atoms with Crippen molar-refractivity contribution in [3.63, 3.8) is 0 Å². The fourth-order valence-corrected chi connectivity index (χ4v) is 1.32. The molecule has 1 N–H and O–H groups in total. The van der Waals surface area contributed by atoms with Gasteiger partial charge in [0.25, 0.3) is 5.91 Å². The molecular formula is C12H15NO2. The van der Waals surface area contributed by atoms with Crippen molar-refractivity contribution in [2.24, 2.45) is 0 Å². The van der Waals surface area contributed by atoms with Crippen molar-refractivity contribution in [2.45, 2.75) is 32.7 Å². The Morgan fingerprint density at radius 1 is 1.73 bits per heavy atom. The fraction of sp³-hybridized carbons (Fsp3) is 0.417. The van der Waals surface area contributed by atoms with Gasteiger partial charge in [0.2, 0.25) is 0 Å². The summed E-state index contributed by atoms with van der Waals surface area (Å²) in [5.74, 6) is 3.05. The van der Waals surface area contributed by atoms with E-state index in [1.165, 1.54) is 6.26 Å². The summed E-state index contributed by atoms with van der Waals surface area (Å²) in [5, 5.41) is 2.87. The number of terminal acetylenes is 1. The molecule has 0 saturated heterocycles. The van der Waals surface area contributed by atoms with Crippen molar-refractivity contribution in [1.29, 1.82) is 0 Å². The fourth-order valence-electron chi connectivity index (χ4n) is 1.32. The third kappa shape index (κ3) is 2.88. The largest absolute Gasteiger partial charge is 0.469 e. The first-order valence-electron chi connectivity index (χ1n) is 4.97. The molecule has 15 heavy (non-hydrogen) atoms. The van der Waals surface area contributed by atoms with Gasteiger partial charge >= 0.3 is 0 Å². The predicted octanol–water partition coefficient (Wildman–Crippen LogP) is 2.12. The number of carbonyl (C=O) groups is 1. The summed E-state index contributed by atoms with van der Waals surface area (Å²) in [5.41, 5.74) is 0.575. The normalized spacial score (nSPS) is 11.8. The first kappa shape index (κ1) is 11.4. The Morgan fingerprint density at radius 2 is 2.47 bits per heavy atom. The van der Waals surface area contributed by atoms with Gasteiger partial charge in [-0.25, -0.2) is 0 Å². The number of amides is 1. The third-order valence-corrected chi connectivity index (χ3v) is 2.30. The molecule has 1 aromatic heterocycles. The molecule has 1 heterocycles.